The van der Waals surface area contributed by atoms with Gasteiger partial charge in [0.2, 0.25) is 0 Å². The Kier molecular flexibility index (Phi) is 6.44. The molecule has 0 aliphatic heterocycles. The third kappa shape index (κ3) is 10.3. The minimum absolute atomic E-state index is 0. The van der Waals surface area contributed by atoms with Crippen LogP contribution in [0.25, 0.3) is 0 Å². The van der Waals surface area contributed by atoms with Crippen LogP contribution < -0.4 is 0 Å². The van der Waals surface area contributed by atoms with E-state index in [0.29, 0.717) is 0 Å². The van der Waals surface area contributed by atoms with Crippen molar-refractivity contribution in [2.75, 3.05) is 0 Å². The zero-order valence-electron chi connectivity index (χ0n) is 3.26. The molecule has 0 aromatic carbocycles. The molecule has 0 rings (SSSR count). The molecule has 0 unspecified atom stereocenters. The highest BCUT2D eigenvalue weighted by Gasteiger charge is 1.80. The molecule has 0 heterocycles. The Balaban J connectivity index is 0. The summed E-state index contributed by atoms with van der Waals surface area (Å²) < 4.78 is 3.67. The molecule has 0 fully saturated rings. The van der Waals surface area contributed by atoms with Crippen molar-refractivity contribution in [2.45, 2.75) is 0 Å². The van der Waals surface area contributed by atoms with Crippen LogP contribution in [0.3, 0.4) is 0 Å². The Bertz CT molecular complexity index is 42.8. The van der Waals surface area contributed by atoms with Gasteiger partial charge in [0.15, 0.2) is 0 Å². The highest BCUT2D eigenvalue weighted by atomic mass is 16.6. The molecule has 4 nitrogen and oxygen atoms in total. The quantitative estimate of drug-likeness (QED) is 0.365. The van der Waals surface area contributed by atoms with Gasteiger partial charge in [0.05, 0.1) is 0 Å². The molecular weight excluding hydrogens is 86.8 g/mol. The smallest absolute Gasteiger partial charge is 0.487 e. The van der Waals surface area contributed by atoms with Crippen molar-refractivity contribution in [3.8, 4) is 0 Å². The predicted octanol–water partition coefficient (Wildman–Crippen LogP) is -1.60. The number of rotatable bonds is 0. The third-order valence-corrected chi connectivity index (χ3v) is 0.175. The molecule has 3 N–H and O–H groups in total. The summed E-state index contributed by atoms with van der Waals surface area (Å²) in [5.74, 6) is 0. The molecule has 0 aromatic heterocycles. The average molecular weight is 91.9 g/mol. The van der Waals surface area contributed by atoms with Gasteiger partial charge in [-0.2, -0.15) is 0 Å². The van der Waals surface area contributed by atoms with E-state index in [-0.39, 0.29) is 5.48 Å². The average Bonchev–Trinajstić information content (AvgIpc) is 1.38. The van der Waals surface area contributed by atoms with Gasteiger partial charge in [0.25, 0.3) is 0 Å². The molecule has 0 aliphatic carbocycles. The van der Waals surface area contributed by atoms with Crippen LogP contribution in [0.1, 0.15) is 0 Å². The summed E-state index contributed by atoms with van der Waals surface area (Å²) in [5, 5.41) is 7.50. The zero-order chi connectivity index (χ0) is 4.28. The Morgan fingerprint density at radius 2 is 2.00 bits per heavy atom. The number of carboxylic acid groups (broad SMARTS) is 1. The van der Waals surface area contributed by atoms with E-state index in [4.69, 9.17) is 9.90 Å². The first kappa shape index (κ1) is 9.00. The van der Waals surface area contributed by atoms with Gasteiger partial charge >= 0.3 is 14.2 Å². The van der Waals surface area contributed by atoms with E-state index in [1.807, 2.05) is 0 Å². The van der Waals surface area contributed by atoms with Crippen LogP contribution in [0.15, 0.2) is 0 Å². The first-order valence-corrected chi connectivity index (χ1v) is 1.04. The maximum absolute atomic E-state index is 9.15. The van der Waals surface area contributed by atoms with Gasteiger partial charge in [-0.3, -0.25) is 0 Å². The summed E-state index contributed by atoms with van der Waals surface area (Å²) in [4.78, 5) is 9.15. The summed E-state index contributed by atoms with van der Waals surface area (Å²) in [6, 6.07) is 0. The Labute approximate surface area is 35.5 Å². The largest absolute Gasteiger partial charge is 0.513 e. The van der Waals surface area contributed by atoms with Gasteiger partial charge < -0.3 is 15.2 Å². The van der Waals surface area contributed by atoms with Crippen molar-refractivity contribution in [2.24, 2.45) is 0 Å². The lowest BCUT2D eigenvalue weighted by molar-refractivity contribution is 0.148. The molecule has 0 aromatic rings. The molecule has 0 spiro atoms. The Hall–Kier alpha value is -0.705. The van der Waals surface area contributed by atoms with E-state index < -0.39 is 6.16 Å². The van der Waals surface area contributed by atoms with Crippen molar-refractivity contribution in [1.82, 2.24) is 0 Å². The monoisotopic (exact) mass is 92.0 g/mol. The lowest BCUT2D eigenvalue weighted by Gasteiger charge is -1.80. The van der Waals surface area contributed by atoms with E-state index in [1.54, 1.807) is 0 Å². The summed E-state index contributed by atoms with van der Waals surface area (Å²) in [7, 11) is 1.10. The Morgan fingerprint density at radius 1 is 1.83 bits per heavy atom. The van der Waals surface area contributed by atoms with E-state index in [0.717, 1.165) is 8.05 Å². The molecule has 6 heavy (non-hydrogen) atoms. The van der Waals surface area contributed by atoms with E-state index >= 15 is 0 Å². The van der Waals surface area contributed by atoms with Crippen molar-refractivity contribution in [1.29, 1.82) is 0 Å². The summed E-state index contributed by atoms with van der Waals surface area (Å²) in [6.07, 6.45) is -1.25. The second-order valence-electron chi connectivity index (χ2n) is 0.470. The molecule has 0 saturated carbocycles. The van der Waals surface area contributed by atoms with Crippen LogP contribution in [0.5, 0.6) is 0 Å². The molecular formula is CH5BO4. The number of hydrogen-bond acceptors (Lipinski definition) is 2. The summed E-state index contributed by atoms with van der Waals surface area (Å²) in [6.45, 7) is 0. The lowest BCUT2D eigenvalue weighted by Crippen LogP contribution is -1.92. The highest BCUT2D eigenvalue weighted by Crippen LogP contribution is 1.59. The number of hydrogen-bond donors (Lipinski definition) is 1. The van der Waals surface area contributed by atoms with E-state index in [2.05, 4.69) is 4.65 Å². The molecule has 0 bridgehead atoms. The maximum Gasteiger partial charge on any atom is 0.487 e. The summed E-state index contributed by atoms with van der Waals surface area (Å²) >= 11 is 0. The van der Waals surface area contributed by atoms with Gasteiger partial charge in [0.1, 0.15) is 0 Å². The first-order chi connectivity index (χ1) is 2.27. The maximum atomic E-state index is 9.15. The molecule has 36 valence electrons. The third-order valence-electron chi connectivity index (χ3n) is 0.175. The molecule has 0 aliphatic rings. The second-order valence-corrected chi connectivity index (χ2v) is 0.470. The van der Waals surface area contributed by atoms with Gasteiger partial charge in [0, 0.05) is 0 Å². The van der Waals surface area contributed by atoms with Gasteiger partial charge in [-0.1, -0.05) is 0 Å². The van der Waals surface area contributed by atoms with E-state index in [1.165, 1.54) is 0 Å². The molecule has 0 saturated heterocycles. The Morgan fingerprint density at radius 3 is 2.00 bits per heavy atom. The van der Waals surface area contributed by atoms with Crippen LogP contribution in [0, 0.1) is 0 Å². The van der Waals surface area contributed by atoms with Crippen molar-refractivity contribution >= 4 is 14.2 Å². The van der Waals surface area contributed by atoms with Crippen LogP contribution in [-0.2, 0) is 4.65 Å². The first-order valence-electron chi connectivity index (χ1n) is 1.04. The van der Waals surface area contributed by atoms with Gasteiger partial charge in [-0.05, 0) is 0 Å². The molecule has 0 radical (unpaired) electrons. The second kappa shape index (κ2) is 4.29. The molecule has 0 amide bonds. The zero-order valence-corrected chi connectivity index (χ0v) is 3.26. The van der Waals surface area contributed by atoms with Crippen LogP contribution in [0.2, 0.25) is 0 Å². The topological polar surface area (TPSA) is 78.0 Å². The highest BCUT2D eigenvalue weighted by molar-refractivity contribution is 6.03. The minimum atomic E-state index is -1.25. The minimum Gasteiger partial charge on any atom is -0.513 e. The molecule has 0 atom stereocenters. The normalized spacial score (nSPS) is 5.33. The fraction of sp³-hybridized carbons (Fsp3) is 0. The van der Waals surface area contributed by atoms with Gasteiger partial charge in [-0.25, -0.2) is 4.79 Å². The van der Waals surface area contributed by atoms with Crippen LogP contribution in [0.4, 0.5) is 4.79 Å². The fourth-order valence-electron chi connectivity index (χ4n) is 0. The number of carbonyl (C=O) groups is 1. The summed E-state index contributed by atoms with van der Waals surface area (Å²) in [5.41, 5.74) is 0. The van der Waals surface area contributed by atoms with Gasteiger partial charge in [-0.15, -0.1) is 0 Å². The van der Waals surface area contributed by atoms with E-state index in [9.17, 15) is 0 Å². The lowest BCUT2D eigenvalue weighted by atomic mass is 10.6. The standard InChI is InChI=1S/CH3BO3.H2O/c2-5-1(3)4;/h2H2,(H,3,4);1H2. The molecule has 5 heteroatoms. The van der Waals surface area contributed by atoms with Crippen molar-refractivity contribution < 1.29 is 20.0 Å². The predicted molar refractivity (Wildman–Crippen MR) is 21.3 cm³/mol. The van der Waals surface area contributed by atoms with Crippen molar-refractivity contribution in [3.63, 3.8) is 0 Å². The van der Waals surface area contributed by atoms with Crippen LogP contribution >= 0.6 is 0 Å². The van der Waals surface area contributed by atoms with Crippen LogP contribution in [-0.4, -0.2) is 24.8 Å². The van der Waals surface area contributed by atoms with Crippen molar-refractivity contribution in [3.05, 3.63) is 0 Å². The fourth-order valence-corrected chi connectivity index (χ4v) is 0. The SMILES string of the molecule is BOC(=O)O.O.